The van der Waals surface area contributed by atoms with Gasteiger partial charge in [-0.2, -0.15) is 0 Å². The number of anilines is 1. The Balaban J connectivity index is 2.09. The number of nitrogens with one attached hydrogen (secondary N) is 1. The minimum Gasteiger partial charge on any atom is -0.350 e. The first-order valence-electron chi connectivity index (χ1n) is 14.0. The molecule has 0 heterocycles. The Kier molecular flexibility index (Phi) is 11.0. The molecule has 0 aliphatic heterocycles. The number of nitrogens with zero attached hydrogens (tertiary/aromatic N) is 2. The van der Waals surface area contributed by atoms with E-state index in [0.29, 0.717) is 21.3 Å². The number of carbonyl (C=O) groups excluding carboxylic acids is 2. The van der Waals surface area contributed by atoms with Crippen molar-refractivity contribution in [3.05, 3.63) is 99.5 Å². The molecule has 0 fully saturated rings. The van der Waals surface area contributed by atoms with E-state index in [2.05, 4.69) is 26.1 Å². The molecule has 2 amide bonds. The fourth-order valence-electron chi connectivity index (χ4n) is 4.58. The normalized spacial score (nSPS) is 12.9. The maximum Gasteiger partial charge on any atom is 0.244 e. The van der Waals surface area contributed by atoms with Gasteiger partial charge in [-0.15, -0.1) is 0 Å². The van der Waals surface area contributed by atoms with E-state index in [9.17, 15) is 18.0 Å². The van der Waals surface area contributed by atoms with Gasteiger partial charge in [-0.1, -0.05) is 92.5 Å². The third-order valence-electron chi connectivity index (χ3n) is 6.81. The highest BCUT2D eigenvalue weighted by atomic mass is 35.5. The standard InChI is InChI=1S/C33H41Cl2N3O4S/c1-32(2,3)25-14-16-26(17-15-25)38(43(7,41)42)22-30(39)37(21-24-13-18-27(34)28(35)19-24)29(31(40)36-33(4,5)6)20-23-11-9-8-10-12-23/h8-19,29H,20-22H2,1-7H3,(H,36,40). The van der Waals surface area contributed by atoms with Crippen molar-refractivity contribution >= 4 is 50.7 Å². The smallest absolute Gasteiger partial charge is 0.244 e. The van der Waals surface area contributed by atoms with Crippen molar-refractivity contribution in [2.45, 2.75) is 71.5 Å². The molecule has 1 N–H and O–H groups in total. The van der Waals surface area contributed by atoms with E-state index in [4.69, 9.17) is 23.2 Å². The highest BCUT2D eigenvalue weighted by Gasteiger charge is 2.34. The minimum absolute atomic E-state index is 0.00531. The summed E-state index contributed by atoms with van der Waals surface area (Å²) in [6, 6.07) is 20.6. The average Bonchev–Trinajstić information content (AvgIpc) is 2.89. The fourth-order valence-corrected chi connectivity index (χ4v) is 5.75. The zero-order valence-corrected chi connectivity index (χ0v) is 28.1. The van der Waals surface area contributed by atoms with Gasteiger partial charge in [0.25, 0.3) is 0 Å². The van der Waals surface area contributed by atoms with Gasteiger partial charge >= 0.3 is 0 Å². The molecule has 43 heavy (non-hydrogen) atoms. The first-order valence-corrected chi connectivity index (χ1v) is 16.6. The summed E-state index contributed by atoms with van der Waals surface area (Å²) < 4.78 is 27.2. The molecular formula is C33H41Cl2N3O4S. The molecule has 0 aliphatic carbocycles. The van der Waals surface area contributed by atoms with Crippen LogP contribution in [0, 0.1) is 0 Å². The lowest BCUT2D eigenvalue weighted by Gasteiger charge is -2.35. The molecule has 3 aromatic carbocycles. The lowest BCUT2D eigenvalue weighted by molar-refractivity contribution is -0.140. The van der Waals surface area contributed by atoms with E-state index in [0.717, 1.165) is 21.7 Å². The predicted molar refractivity (Wildman–Crippen MR) is 176 cm³/mol. The number of benzene rings is 3. The monoisotopic (exact) mass is 645 g/mol. The molecule has 0 saturated carbocycles. The molecular weight excluding hydrogens is 605 g/mol. The van der Waals surface area contributed by atoms with Crippen LogP contribution in [0.4, 0.5) is 5.69 Å². The Morgan fingerprint density at radius 2 is 1.44 bits per heavy atom. The highest BCUT2D eigenvalue weighted by molar-refractivity contribution is 7.92. The van der Waals surface area contributed by atoms with Gasteiger partial charge in [0.2, 0.25) is 21.8 Å². The molecule has 7 nitrogen and oxygen atoms in total. The molecule has 0 aliphatic rings. The second-order valence-corrected chi connectivity index (χ2v) is 15.5. The minimum atomic E-state index is -3.87. The average molecular weight is 647 g/mol. The van der Waals surface area contributed by atoms with Gasteiger partial charge in [-0.25, -0.2) is 8.42 Å². The van der Waals surface area contributed by atoms with Crippen LogP contribution in [-0.4, -0.2) is 49.5 Å². The molecule has 0 saturated heterocycles. The third kappa shape index (κ3) is 9.98. The Bertz CT molecular complexity index is 1530. The topological polar surface area (TPSA) is 86.8 Å². The highest BCUT2D eigenvalue weighted by Crippen LogP contribution is 2.27. The van der Waals surface area contributed by atoms with Crippen LogP contribution in [0.25, 0.3) is 0 Å². The third-order valence-corrected chi connectivity index (χ3v) is 8.69. The number of hydrogen-bond acceptors (Lipinski definition) is 4. The molecule has 0 bridgehead atoms. The van der Waals surface area contributed by atoms with Gasteiger partial charge in [0.15, 0.2) is 0 Å². The number of hydrogen-bond donors (Lipinski definition) is 1. The van der Waals surface area contributed by atoms with Gasteiger partial charge < -0.3 is 10.2 Å². The SMILES string of the molecule is CC(C)(C)NC(=O)C(Cc1ccccc1)N(Cc1ccc(Cl)c(Cl)c1)C(=O)CN(c1ccc(C(C)(C)C)cc1)S(C)(=O)=O. The summed E-state index contributed by atoms with van der Waals surface area (Å²) >= 11 is 12.5. The van der Waals surface area contributed by atoms with Crippen molar-refractivity contribution in [1.82, 2.24) is 10.2 Å². The van der Waals surface area contributed by atoms with Gasteiger partial charge in [0.1, 0.15) is 12.6 Å². The first-order chi connectivity index (χ1) is 19.8. The van der Waals surface area contributed by atoms with Crippen LogP contribution in [0.15, 0.2) is 72.8 Å². The Labute approximate surface area is 266 Å². The Morgan fingerprint density at radius 1 is 0.837 bits per heavy atom. The van der Waals surface area contributed by atoms with Crippen LogP contribution in [0.2, 0.25) is 10.0 Å². The zero-order valence-electron chi connectivity index (χ0n) is 25.8. The second kappa shape index (κ2) is 13.7. The van der Waals surface area contributed by atoms with Crippen molar-refractivity contribution < 1.29 is 18.0 Å². The van der Waals surface area contributed by atoms with Gasteiger partial charge in [-0.3, -0.25) is 13.9 Å². The lowest BCUT2D eigenvalue weighted by Crippen LogP contribution is -2.56. The van der Waals surface area contributed by atoms with Crippen molar-refractivity contribution in [1.29, 1.82) is 0 Å². The summed E-state index contributed by atoms with van der Waals surface area (Å²) in [5.74, 6) is -0.897. The molecule has 10 heteroatoms. The van der Waals surface area contributed by atoms with Crippen molar-refractivity contribution in [2.75, 3.05) is 17.1 Å². The first kappa shape index (κ1) is 34.4. The maximum atomic E-state index is 14.2. The van der Waals surface area contributed by atoms with E-state index in [-0.39, 0.29) is 24.3 Å². The van der Waals surface area contributed by atoms with Crippen molar-refractivity contribution in [3.8, 4) is 0 Å². The van der Waals surface area contributed by atoms with Crippen molar-refractivity contribution in [2.24, 2.45) is 0 Å². The van der Waals surface area contributed by atoms with E-state index >= 15 is 0 Å². The molecule has 232 valence electrons. The summed E-state index contributed by atoms with van der Waals surface area (Å²) in [6.07, 6.45) is 1.28. The van der Waals surface area contributed by atoms with Crippen LogP contribution >= 0.6 is 23.2 Å². The van der Waals surface area contributed by atoms with Gasteiger partial charge in [0.05, 0.1) is 22.0 Å². The summed E-state index contributed by atoms with van der Waals surface area (Å²) in [4.78, 5) is 29.5. The fraction of sp³-hybridized carbons (Fsp3) is 0.394. The number of halogens is 2. The molecule has 3 aromatic rings. The quantitative estimate of drug-likeness (QED) is 0.269. The van der Waals surface area contributed by atoms with Gasteiger partial charge in [-0.05, 0) is 67.1 Å². The zero-order chi connectivity index (χ0) is 32.2. The molecule has 1 unspecified atom stereocenters. The van der Waals surface area contributed by atoms with Gasteiger partial charge in [0, 0.05) is 18.5 Å². The predicted octanol–water partition coefficient (Wildman–Crippen LogP) is 6.61. The Hall–Kier alpha value is -3.07. The molecule has 0 aromatic heterocycles. The number of sulfonamides is 1. The van der Waals surface area contributed by atoms with Crippen LogP contribution < -0.4 is 9.62 Å². The number of carbonyl (C=O) groups is 2. The van der Waals surface area contributed by atoms with Crippen LogP contribution in [0.3, 0.4) is 0 Å². The Morgan fingerprint density at radius 3 is 1.95 bits per heavy atom. The second-order valence-electron chi connectivity index (χ2n) is 12.8. The molecule has 3 rings (SSSR count). The molecule has 0 radical (unpaired) electrons. The summed E-state index contributed by atoms with van der Waals surface area (Å²) in [5.41, 5.74) is 2.17. The van der Waals surface area contributed by atoms with E-state index in [1.54, 1.807) is 30.3 Å². The molecule has 0 spiro atoms. The summed E-state index contributed by atoms with van der Waals surface area (Å²) in [7, 11) is -3.87. The summed E-state index contributed by atoms with van der Waals surface area (Å²) in [6.45, 7) is 11.3. The number of amides is 2. The van der Waals surface area contributed by atoms with E-state index in [1.165, 1.54) is 4.90 Å². The largest absolute Gasteiger partial charge is 0.350 e. The molecule has 1 atom stereocenters. The number of rotatable bonds is 10. The maximum absolute atomic E-state index is 14.2. The van der Waals surface area contributed by atoms with Crippen LogP contribution in [0.5, 0.6) is 0 Å². The van der Waals surface area contributed by atoms with Crippen molar-refractivity contribution in [3.63, 3.8) is 0 Å². The van der Waals surface area contributed by atoms with E-state index in [1.807, 2.05) is 63.2 Å². The summed E-state index contributed by atoms with van der Waals surface area (Å²) in [5, 5.41) is 3.67. The van der Waals surface area contributed by atoms with Crippen LogP contribution in [-0.2, 0) is 38.0 Å². The lowest BCUT2D eigenvalue weighted by atomic mass is 9.87. The van der Waals surface area contributed by atoms with E-state index < -0.39 is 34.1 Å². The van der Waals surface area contributed by atoms with Crippen LogP contribution in [0.1, 0.15) is 58.2 Å².